The SMILES string of the molecule is COC(=O)OC(C)(C)CC1CNC(=O)C1. The molecular weight excluding hydrogens is 198 g/mol. The third kappa shape index (κ3) is 3.77. The van der Waals surface area contributed by atoms with E-state index in [1.54, 1.807) is 0 Å². The Morgan fingerprint density at radius 3 is 2.73 bits per heavy atom. The fourth-order valence-corrected chi connectivity index (χ4v) is 1.81. The molecule has 1 rings (SSSR count). The molecule has 15 heavy (non-hydrogen) atoms. The minimum atomic E-state index is -0.683. The van der Waals surface area contributed by atoms with Crippen molar-refractivity contribution in [1.82, 2.24) is 5.32 Å². The Hall–Kier alpha value is -1.26. The second kappa shape index (κ2) is 4.51. The summed E-state index contributed by atoms with van der Waals surface area (Å²) in [6.07, 6.45) is 0.478. The first kappa shape index (κ1) is 11.8. The van der Waals surface area contributed by atoms with Gasteiger partial charge >= 0.3 is 6.16 Å². The van der Waals surface area contributed by atoms with Gasteiger partial charge in [-0.3, -0.25) is 4.79 Å². The zero-order valence-corrected chi connectivity index (χ0v) is 9.33. The summed E-state index contributed by atoms with van der Waals surface area (Å²) < 4.78 is 9.51. The van der Waals surface area contributed by atoms with Gasteiger partial charge in [0.05, 0.1) is 7.11 Å². The van der Waals surface area contributed by atoms with Gasteiger partial charge < -0.3 is 14.8 Å². The summed E-state index contributed by atoms with van der Waals surface area (Å²) in [7, 11) is 1.28. The number of carbonyl (C=O) groups excluding carboxylic acids is 2. The van der Waals surface area contributed by atoms with Gasteiger partial charge in [-0.2, -0.15) is 0 Å². The van der Waals surface area contributed by atoms with Crippen molar-refractivity contribution in [2.45, 2.75) is 32.3 Å². The predicted molar refractivity (Wildman–Crippen MR) is 53.3 cm³/mol. The molecule has 1 amide bonds. The number of rotatable bonds is 3. The molecule has 1 N–H and O–H groups in total. The van der Waals surface area contributed by atoms with Gasteiger partial charge in [0.25, 0.3) is 0 Å². The molecule has 1 aliphatic rings. The van der Waals surface area contributed by atoms with Gasteiger partial charge in [0, 0.05) is 13.0 Å². The maximum Gasteiger partial charge on any atom is 0.508 e. The molecule has 1 saturated heterocycles. The average molecular weight is 215 g/mol. The minimum Gasteiger partial charge on any atom is -0.438 e. The first-order valence-corrected chi connectivity index (χ1v) is 4.96. The molecule has 1 fully saturated rings. The maximum absolute atomic E-state index is 11.0. The highest BCUT2D eigenvalue weighted by Crippen LogP contribution is 2.25. The molecule has 0 bridgehead atoms. The molecular formula is C10H17NO4. The van der Waals surface area contributed by atoms with E-state index < -0.39 is 11.8 Å². The van der Waals surface area contributed by atoms with Crippen LogP contribution in [-0.2, 0) is 14.3 Å². The molecule has 0 aromatic carbocycles. The Labute approximate surface area is 89.1 Å². The number of nitrogens with one attached hydrogen (secondary N) is 1. The van der Waals surface area contributed by atoms with E-state index in [1.807, 2.05) is 13.8 Å². The third-order valence-electron chi connectivity index (χ3n) is 2.37. The van der Waals surface area contributed by atoms with Crippen LogP contribution in [0.4, 0.5) is 4.79 Å². The van der Waals surface area contributed by atoms with Crippen molar-refractivity contribution in [3.8, 4) is 0 Å². The summed E-state index contributed by atoms with van der Waals surface area (Å²) >= 11 is 0. The van der Waals surface area contributed by atoms with E-state index in [9.17, 15) is 9.59 Å². The lowest BCUT2D eigenvalue weighted by molar-refractivity contribution is -0.119. The number of methoxy groups -OCH3 is 1. The van der Waals surface area contributed by atoms with Gasteiger partial charge in [-0.1, -0.05) is 0 Å². The van der Waals surface area contributed by atoms with Crippen molar-refractivity contribution >= 4 is 12.1 Å². The second-order valence-corrected chi connectivity index (χ2v) is 4.39. The highest BCUT2D eigenvalue weighted by molar-refractivity contribution is 5.78. The van der Waals surface area contributed by atoms with Gasteiger partial charge in [-0.25, -0.2) is 4.79 Å². The van der Waals surface area contributed by atoms with Crippen molar-refractivity contribution < 1.29 is 19.1 Å². The van der Waals surface area contributed by atoms with E-state index in [-0.39, 0.29) is 11.8 Å². The van der Waals surface area contributed by atoms with Gasteiger partial charge in [-0.15, -0.1) is 0 Å². The zero-order chi connectivity index (χ0) is 11.5. The second-order valence-electron chi connectivity index (χ2n) is 4.39. The average Bonchev–Trinajstić information content (AvgIpc) is 2.49. The van der Waals surface area contributed by atoms with Gasteiger partial charge in [0.15, 0.2) is 0 Å². The monoisotopic (exact) mass is 215 g/mol. The molecule has 5 heteroatoms. The molecule has 0 aromatic heterocycles. The summed E-state index contributed by atoms with van der Waals surface area (Å²) in [5.74, 6) is 0.297. The van der Waals surface area contributed by atoms with E-state index in [1.165, 1.54) is 7.11 Å². The molecule has 1 unspecified atom stereocenters. The Balaban J connectivity index is 2.41. The summed E-state index contributed by atoms with van der Waals surface area (Å²) in [5.41, 5.74) is -0.593. The van der Waals surface area contributed by atoms with Gasteiger partial charge in [0.1, 0.15) is 5.60 Å². The van der Waals surface area contributed by atoms with Crippen LogP contribution in [-0.4, -0.2) is 31.3 Å². The van der Waals surface area contributed by atoms with E-state index in [4.69, 9.17) is 4.74 Å². The van der Waals surface area contributed by atoms with Crippen LogP contribution < -0.4 is 5.32 Å². The van der Waals surface area contributed by atoms with Crippen molar-refractivity contribution in [2.24, 2.45) is 5.92 Å². The molecule has 0 spiro atoms. The van der Waals surface area contributed by atoms with Crippen LogP contribution in [0, 0.1) is 5.92 Å². The highest BCUT2D eigenvalue weighted by atomic mass is 16.7. The number of hydrogen-bond donors (Lipinski definition) is 1. The van der Waals surface area contributed by atoms with E-state index in [0.717, 1.165) is 0 Å². The summed E-state index contributed by atoms with van der Waals surface area (Å²) in [6, 6.07) is 0. The summed E-state index contributed by atoms with van der Waals surface area (Å²) in [4.78, 5) is 21.9. The molecule has 1 aliphatic heterocycles. The molecule has 1 heterocycles. The van der Waals surface area contributed by atoms with Crippen LogP contribution in [0.1, 0.15) is 26.7 Å². The number of amides is 1. The van der Waals surface area contributed by atoms with E-state index >= 15 is 0 Å². The number of carbonyl (C=O) groups is 2. The first-order valence-electron chi connectivity index (χ1n) is 4.96. The van der Waals surface area contributed by atoms with Gasteiger partial charge in [-0.05, 0) is 26.2 Å². The maximum atomic E-state index is 11.0. The molecule has 0 aliphatic carbocycles. The first-order chi connectivity index (χ1) is 6.93. The van der Waals surface area contributed by atoms with Gasteiger partial charge in [0.2, 0.25) is 5.91 Å². The normalized spacial score (nSPS) is 21.0. The smallest absolute Gasteiger partial charge is 0.438 e. The topological polar surface area (TPSA) is 64.6 Å². The molecule has 0 aromatic rings. The Morgan fingerprint density at radius 2 is 2.27 bits per heavy atom. The predicted octanol–water partition coefficient (Wildman–Crippen LogP) is 1.07. The lowest BCUT2D eigenvalue weighted by Gasteiger charge is -2.26. The van der Waals surface area contributed by atoms with Crippen molar-refractivity contribution in [3.63, 3.8) is 0 Å². The van der Waals surface area contributed by atoms with Crippen LogP contribution in [0.3, 0.4) is 0 Å². The Morgan fingerprint density at radius 1 is 1.60 bits per heavy atom. The van der Waals surface area contributed by atoms with Crippen LogP contribution in [0.2, 0.25) is 0 Å². The van der Waals surface area contributed by atoms with E-state index in [0.29, 0.717) is 19.4 Å². The number of ether oxygens (including phenoxy) is 2. The Bertz CT molecular complexity index is 262. The standard InChI is InChI=1S/C10H17NO4/c1-10(2,15-9(13)14-3)5-7-4-8(12)11-6-7/h7H,4-6H2,1-3H3,(H,11,12). The van der Waals surface area contributed by atoms with Crippen LogP contribution >= 0.6 is 0 Å². The van der Waals surface area contributed by atoms with Crippen molar-refractivity contribution in [2.75, 3.05) is 13.7 Å². The molecule has 0 radical (unpaired) electrons. The fourth-order valence-electron chi connectivity index (χ4n) is 1.81. The van der Waals surface area contributed by atoms with Crippen LogP contribution in [0.5, 0.6) is 0 Å². The number of hydrogen-bond acceptors (Lipinski definition) is 4. The molecule has 5 nitrogen and oxygen atoms in total. The molecule has 0 saturated carbocycles. The van der Waals surface area contributed by atoms with Crippen LogP contribution in [0.15, 0.2) is 0 Å². The highest BCUT2D eigenvalue weighted by Gasteiger charge is 2.31. The summed E-state index contributed by atoms with van der Waals surface area (Å²) in [6.45, 7) is 4.28. The van der Waals surface area contributed by atoms with Crippen LogP contribution in [0.25, 0.3) is 0 Å². The van der Waals surface area contributed by atoms with E-state index in [2.05, 4.69) is 10.1 Å². The lowest BCUT2D eigenvalue weighted by atomic mass is 9.93. The molecule has 86 valence electrons. The minimum absolute atomic E-state index is 0.0638. The fraction of sp³-hybridized carbons (Fsp3) is 0.800. The zero-order valence-electron chi connectivity index (χ0n) is 9.33. The Kier molecular flexibility index (Phi) is 3.55. The largest absolute Gasteiger partial charge is 0.508 e. The van der Waals surface area contributed by atoms with Crippen molar-refractivity contribution in [3.05, 3.63) is 0 Å². The summed E-state index contributed by atoms with van der Waals surface area (Å²) in [5, 5.41) is 2.75. The van der Waals surface area contributed by atoms with Crippen molar-refractivity contribution in [1.29, 1.82) is 0 Å². The third-order valence-corrected chi connectivity index (χ3v) is 2.37. The lowest BCUT2D eigenvalue weighted by Crippen LogP contribution is -2.31. The quantitative estimate of drug-likeness (QED) is 0.715. The molecule has 1 atom stereocenters.